The first-order valence-corrected chi connectivity index (χ1v) is 7.28. The number of rotatable bonds is 6. The minimum Gasteiger partial charge on any atom is -0.483 e. The summed E-state index contributed by atoms with van der Waals surface area (Å²) in [5, 5.41) is 0. The van der Waals surface area contributed by atoms with Crippen LogP contribution >= 0.6 is 0 Å². The van der Waals surface area contributed by atoms with Crippen molar-refractivity contribution in [2.24, 2.45) is 5.73 Å². The summed E-state index contributed by atoms with van der Waals surface area (Å²) in [6, 6.07) is 12.7. The molecule has 0 radical (unpaired) electrons. The van der Waals surface area contributed by atoms with Gasteiger partial charge in [0.25, 0.3) is 5.91 Å². The number of amides is 1. The van der Waals surface area contributed by atoms with E-state index in [1.807, 2.05) is 32.0 Å². The maximum Gasteiger partial charge on any atom is 0.255 e. The van der Waals surface area contributed by atoms with Crippen LogP contribution in [-0.4, -0.2) is 18.3 Å². The monoisotopic (exact) mass is 309 g/mol. The van der Waals surface area contributed by atoms with Crippen molar-refractivity contribution in [1.82, 2.24) is 0 Å². The lowest BCUT2D eigenvalue weighted by Crippen LogP contribution is -2.20. The number of ketones is 1. The average Bonchev–Trinajstić information content (AvgIpc) is 2.54. The number of carbonyl (C=O) groups is 2. The molecule has 0 saturated heterocycles. The fourth-order valence-electron chi connectivity index (χ4n) is 2.15. The fraction of sp³-hybridized carbons (Fsp3) is 0.158. The first kappa shape index (κ1) is 16.5. The molecule has 0 bridgehead atoms. The zero-order chi connectivity index (χ0) is 16.8. The molecule has 0 aliphatic rings. The van der Waals surface area contributed by atoms with Gasteiger partial charge in [0.2, 0.25) is 0 Å². The zero-order valence-electron chi connectivity index (χ0n) is 13.2. The van der Waals surface area contributed by atoms with Gasteiger partial charge in [0.05, 0.1) is 5.56 Å². The van der Waals surface area contributed by atoms with Crippen molar-refractivity contribution >= 4 is 17.8 Å². The number of aryl methyl sites for hydroxylation is 1. The summed E-state index contributed by atoms with van der Waals surface area (Å²) in [5.74, 6) is -0.425. The number of primary amides is 1. The molecule has 2 N–H and O–H groups in total. The topological polar surface area (TPSA) is 69.4 Å². The van der Waals surface area contributed by atoms with E-state index in [4.69, 9.17) is 10.5 Å². The predicted octanol–water partition coefficient (Wildman–Crippen LogP) is 3.06. The van der Waals surface area contributed by atoms with Crippen molar-refractivity contribution in [1.29, 1.82) is 0 Å². The maximum absolute atomic E-state index is 12.4. The summed E-state index contributed by atoms with van der Waals surface area (Å²) in [5.41, 5.74) is 8.77. The molecule has 4 nitrogen and oxygen atoms in total. The van der Waals surface area contributed by atoms with Gasteiger partial charge in [-0.25, -0.2) is 0 Å². The van der Waals surface area contributed by atoms with E-state index >= 15 is 0 Å². The third-order valence-electron chi connectivity index (χ3n) is 3.58. The minimum atomic E-state index is -0.585. The molecule has 0 saturated carbocycles. The van der Waals surface area contributed by atoms with Crippen LogP contribution in [-0.2, 0) is 4.79 Å². The Balaban J connectivity index is 2.22. The second-order valence-corrected chi connectivity index (χ2v) is 5.24. The normalized spacial score (nSPS) is 10.7. The molecule has 2 aromatic rings. The summed E-state index contributed by atoms with van der Waals surface area (Å²) < 4.78 is 5.29. The van der Waals surface area contributed by atoms with Gasteiger partial charge in [-0.3, -0.25) is 9.59 Å². The van der Waals surface area contributed by atoms with Crippen molar-refractivity contribution in [3.8, 4) is 5.75 Å². The molecule has 118 valence electrons. The fourth-order valence-corrected chi connectivity index (χ4v) is 2.15. The number of allylic oxidation sites excluding steroid dienone is 1. The van der Waals surface area contributed by atoms with E-state index in [1.54, 1.807) is 30.3 Å². The summed E-state index contributed by atoms with van der Waals surface area (Å²) in [6.07, 6.45) is 3.30. The van der Waals surface area contributed by atoms with E-state index in [0.29, 0.717) is 11.3 Å². The number of hydrogen-bond acceptors (Lipinski definition) is 3. The number of ether oxygens (including phenoxy) is 1. The first-order valence-electron chi connectivity index (χ1n) is 7.28. The lowest BCUT2D eigenvalue weighted by atomic mass is 10.0. The molecule has 0 unspecified atom stereocenters. The average molecular weight is 309 g/mol. The van der Waals surface area contributed by atoms with Crippen LogP contribution in [0.1, 0.15) is 27.0 Å². The first-order chi connectivity index (χ1) is 11.0. The van der Waals surface area contributed by atoms with Crippen LogP contribution in [0.2, 0.25) is 0 Å². The Morgan fingerprint density at radius 3 is 2.57 bits per heavy atom. The Morgan fingerprint density at radius 1 is 1.09 bits per heavy atom. The Bertz CT molecular complexity index is 763. The lowest BCUT2D eigenvalue weighted by Gasteiger charge is -2.08. The van der Waals surface area contributed by atoms with E-state index in [2.05, 4.69) is 0 Å². The Morgan fingerprint density at radius 2 is 1.83 bits per heavy atom. The second kappa shape index (κ2) is 7.40. The summed E-state index contributed by atoms with van der Waals surface area (Å²) in [7, 11) is 0. The molecule has 0 aliphatic heterocycles. The molecular weight excluding hydrogens is 290 g/mol. The zero-order valence-corrected chi connectivity index (χ0v) is 13.2. The van der Waals surface area contributed by atoms with Crippen molar-refractivity contribution in [3.63, 3.8) is 0 Å². The largest absolute Gasteiger partial charge is 0.483 e. The van der Waals surface area contributed by atoms with Crippen LogP contribution < -0.4 is 10.5 Å². The number of para-hydroxylation sites is 1. The standard InChI is InChI=1S/C19H19NO3/c1-13-6-5-7-15(14(13)2)10-11-17(21)16-8-3-4-9-18(16)23-12-19(20)22/h3-11H,12H2,1-2H3,(H2,20,22)/b11-10+. The van der Waals surface area contributed by atoms with Gasteiger partial charge in [-0.15, -0.1) is 0 Å². The van der Waals surface area contributed by atoms with Gasteiger partial charge in [0.1, 0.15) is 5.75 Å². The quantitative estimate of drug-likeness (QED) is 0.658. The maximum atomic E-state index is 12.4. The Kier molecular flexibility index (Phi) is 5.31. The molecule has 23 heavy (non-hydrogen) atoms. The molecule has 2 aromatic carbocycles. The molecule has 0 atom stereocenters. The van der Waals surface area contributed by atoms with E-state index in [0.717, 1.165) is 11.1 Å². The van der Waals surface area contributed by atoms with E-state index in [9.17, 15) is 9.59 Å². The Labute approximate surface area is 135 Å². The number of hydrogen-bond donors (Lipinski definition) is 1. The van der Waals surface area contributed by atoms with Gasteiger partial charge < -0.3 is 10.5 Å². The van der Waals surface area contributed by atoms with Crippen molar-refractivity contribution in [2.75, 3.05) is 6.61 Å². The highest BCUT2D eigenvalue weighted by molar-refractivity contribution is 6.08. The van der Waals surface area contributed by atoms with Gasteiger partial charge in [-0.05, 0) is 48.7 Å². The number of benzene rings is 2. The van der Waals surface area contributed by atoms with Crippen LogP contribution in [0, 0.1) is 13.8 Å². The van der Waals surface area contributed by atoms with Crippen molar-refractivity contribution in [2.45, 2.75) is 13.8 Å². The summed E-state index contributed by atoms with van der Waals surface area (Å²) in [6.45, 7) is 3.79. The van der Waals surface area contributed by atoms with Crippen molar-refractivity contribution in [3.05, 3.63) is 70.8 Å². The van der Waals surface area contributed by atoms with Crippen LogP contribution in [0.25, 0.3) is 6.08 Å². The van der Waals surface area contributed by atoms with Gasteiger partial charge in [-0.2, -0.15) is 0 Å². The van der Waals surface area contributed by atoms with E-state index in [1.165, 1.54) is 11.6 Å². The molecule has 0 heterocycles. The molecule has 0 spiro atoms. The minimum absolute atomic E-state index is 0.189. The summed E-state index contributed by atoms with van der Waals surface area (Å²) in [4.78, 5) is 23.2. The second-order valence-electron chi connectivity index (χ2n) is 5.24. The molecule has 4 heteroatoms. The van der Waals surface area contributed by atoms with Gasteiger partial charge in [0, 0.05) is 0 Å². The Hall–Kier alpha value is -2.88. The molecule has 1 amide bonds. The van der Waals surface area contributed by atoms with Gasteiger partial charge in [0.15, 0.2) is 12.4 Å². The van der Waals surface area contributed by atoms with Gasteiger partial charge in [-0.1, -0.05) is 36.4 Å². The third-order valence-corrected chi connectivity index (χ3v) is 3.58. The molecule has 0 fully saturated rings. The van der Waals surface area contributed by atoms with Crippen LogP contribution in [0.3, 0.4) is 0 Å². The van der Waals surface area contributed by atoms with Crippen LogP contribution in [0.4, 0.5) is 0 Å². The highest BCUT2D eigenvalue weighted by Crippen LogP contribution is 2.20. The van der Waals surface area contributed by atoms with Crippen LogP contribution in [0.15, 0.2) is 48.5 Å². The van der Waals surface area contributed by atoms with Crippen molar-refractivity contribution < 1.29 is 14.3 Å². The number of carbonyl (C=O) groups excluding carboxylic acids is 2. The lowest BCUT2D eigenvalue weighted by molar-refractivity contribution is -0.119. The SMILES string of the molecule is Cc1cccc(/C=C/C(=O)c2ccccc2OCC(N)=O)c1C. The predicted molar refractivity (Wildman–Crippen MR) is 90.4 cm³/mol. The highest BCUT2D eigenvalue weighted by Gasteiger charge is 2.10. The van der Waals surface area contributed by atoms with E-state index in [-0.39, 0.29) is 12.4 Å². The third kappa shape index (κ3) is 4.30. The molecule has 2 rings (SSSR count). The van der Waals surface area contributed by atoms with Gasteiger partial charge >= 0.3 is 0 Å². The summed E-state index contributed by atoms with van der Waals surface area (Å²) >= 11 is 0. The molecule has 0 aliphatic carbocycles. The smallest absolute Gasteiger partial charge is 0.255 e. The molecule has 0 aromatic heterocycles. The highest BCUT2D eigenvalue weighted by atomic mass is 16.5. The molecular formula is C19H19NO3. The van der Waals surface area contributed by atoms with E-state index < -0.39 is 5.91 Å². The number of nitrogens with two attached hydrogens (primary N) is 1. The van der Waals surface area contributed by atoms with Crippen LogP contribution in [0.5, 0.6) is 5.75 Å².